The van der Waals surface area contributed by atoms with E-state index in [0.717, 1.165) is 74.7 Å². The molecule has 182 valence electrons. The van der Waals surface area contributed by atoms with Gasteiger partial charge in [-0.25, -0.2) is 14.4 Å². The molecule has 6 nitrogen and oxygen atoms in total. The molecule has 1 aliphatic carbocycles. The Balaban J connectivity index is 1.02. The first-order valence-electron chi connectivity index (χ1n) is 12.8. The average molecular weight is 467 g/mol. The van der Waals surface area contributed by atoms with Crippen molar-refractivity contribution >= 4 is 11.9 Å². The van der Waals surface area contributed by atoms with Crippen molar-refractivity contribution in [1.82, 2.24) is 14.9 Å². The van der Waals surface area contributed by atoms with E-state index in [0.29, 0.717) is 17.9 Å². The summed E-state index contributed by atoms with van der Waals surface area (Å²) in [5, 5.41) is 0. The number of benzene rings is 1. The summed E-state index contributed by atoms with van der Waals surface area (Å²) in [6.07, 6.45) is 10.7. The SMILES string of the molecule is Cc1cnc(N2CCC([C@H]3C[C@H]3CCOc3ccc(CC(=O)N4CCCC4)c(F)c3)CC2)nc1. The molecule has 3 aliphatic rings. The highest BCUT2D eigenvalue weighted by atomic mass is 19.1. The summed E-state index contributed by atoms with van der Waals surface area (Å²) >= 11 is 0. The quantitative estimate of drug-likeness (QED) is 0.577. The van der Waals surface area contributed by atoms with Crippen LogP contribution in [0.4, 0.5) is 10.3 Å². The predicted octanol–water partition coefficient (Wildman–Crippen LogP) is 4.41. The molecule has 3 heterocycles. The molecule has 7 heteroatoms. The minimum absolute atomic E-state index is 0.0158. The number of ether oxygens (including phenoxy) is 1. The maximum atomic E-state index is 14.5. The molecule has 0 bridgehead atoms. The number of aromatic nitrogens is 2. The van der Waals surface area contributed by atoms with Gasteiger partial charge in [0, 0.05) is 44.6 Å². The van der Waals surface area contributed by atoms with Gasteiger partial charge in [-0.3, -0.25) is 4.79 Å². The maximum Gasteiger partial charge on any atom is 0.227 e. The van der Waals surface area contributed by atoms with Crippen LogP contribution >= 0.6 is 0 Å². The number of amides is 1. The van der Waals surface area contributed by atoms with Crippen LogP contribution in [0.5, 0.6) is 5.75 Å². The predicted molar refractivity (Wildman–Crippen MR) is 129 cm³/mol. The summed E-state index contributed by atoms with van der Waals surface area (Å²) < 4.78 is 20.4. The highest BCUT2D eigenvalue weighted by Gasteiger charge is 2.43. The van der Waals surface area contributed by atoms with Crippen molar-refractivity contribution in [2.45, 2.75) is 51.9 Å². The first-order chi connectivity index (χ1) is 16.6. The summed E-state index contributed by atoms with van der Waals surface area (Å²) in [4.78, 5) is 25.4. The fourth-order valence-electron chi connectivity index (χ4n) is 5.59. The Labute approximate surface area is 201 Å². The largest absolute Gasteiger partial charge is 0.493 e. The molecule has 2 aromatic rings. The molecule has 1 aromatic heterocycles. The Kier molecular flexibility index (Phi) is 6.97. The van der Waals surface area contributed by atoms with Crippen LogP contribution in [0.1, 0.15) is 49.7 Å². The lowest BCUT2D eigenvalue weighted by Crippen LogP contribution is -2.35. The number of carbonyl (C=O) groups excluding carboxylic acids is 1. The van der Waals surface area contributed by atoms with Gasteiger partial charge in [0.15, 0.2) is 0 Å². The average Bonchev–Trinajstić information content (AvgIpc) is 3.39. The van der Waals surface area contributed by atoms with E-state index in [4.69, 9.17) is 4.74 Å². The highest BCUT2D eigenvalue weighted by Crippen LogP contribution is 2.49. The van der Waals surface area contributed by atoms with Crippen LogP contribution in [-0.2, 0) is 11.2 Å². The van der Waals surface area contributed by atoms with E-state index in [1.165, 1.54) is 25.3 Å². The van der Waals surface area contributed by atoms with Crippen LogP contribution in [0.2, 0.25) is 0 Å². The number of likely N-dealkylation sites (tertiary alicyclic amines) is 1. The minimum atomic E-state index is -0.348. The van der Waals surface area contributed by atoms with Gasteiger partial charge in [0.1, 0.15) is 11.6 Å². The molecule has 1 saturated carbocycles. The number of hydrogen-bond acceptors (Lipinski definition) is 5. The topological polar surface area (TPSA) is 58.6 Å². The lowest BCUT2D eigenvalue weighted by atomic mass is 9.90. The Morgan fingerprint density at radius 2 is 1.85 bits per heavy atom. The smallest absolute Gasteiger partial charge is 0.227 e. The number of hydrogen-bond donors (Lipinski definition) is 0. The van der Waals surface area contributed by atoms with Crippen molar-refractivity contribution < 1.29 is 13.9 Å². The maximum absolute atomic E-state index is 14.5. The molecule has 2 aliphatic heterocycles. The second kappa shape index (κ2) is 10.3. The van der Waals surface area contributed by atoms with E-state index >= 15 is 0 Å². The molecule has 34 heavy (non-hydrogen) atoms. The summed E-state index contributed by atoms with van der Waals surface area (Å²) in [6, 6.07) is 4.92. The zero-order valence-corrected chi connectivity index (χ0v) is 20.1. The van der Waals surface area contributed by atoms with E-state index in [2.05, 4.69) is 14.9 Å². The third-order valence-electron chi connectivity index (χ3n) is 7.75. The van der Waals surface area contributed by atoms with Crippen LogP contribution in [0.25, 0.3) is 0 Å². The van der Waals surface area contributed by atoms with Gasteiger partial charge < -0.3 is 14.5 Å². The number of carbonyl (C=O) groups is 1. The van der Waals surface area contributed by atoms with E-state index in [9.17, 15) is 9.18 Å². The van der Waals surface area contributed by atoms with Crippen LogP contribution in [0.3, 0.4) is 0 Å². The fourth-order valence-corrected chi connectivity index (χ4v) is 5.59. The van der Waals surface area contributed by atoms with Crippen molar-refractivity contribution in [1.29, 1.82) is 0 Å². The summed E-state index contributed by atoms with van der Waals surface area (Å²) in [5.74, 6) is 3.36. The normalized spacial score (nSPS) is 22.8. The molecule has 0 radical (unpaired) electrons. The van der Waals surface area contributed by atoms with Gasteiger partial charge in [0.05, 0.1) is 13.0 Å². The van der Waals surface area contributed by atoms with Gasteiger partial charge in [-0.2, -0.15) is 0 Å². The van der Waals surface area contributed by atoms with E-state index in [1.807, 2.05) is 24.2 Å². The molecule has 1 aromatic carbocycles. The third-order valence-corrected chi connectivity index (χ3v) is 7.75. The lowest BCUT2D eigenvalue weighted by Gasteiger charge is -2.32. The number of nitrogens with zero attached hydrogens (tertiary/aromatic N) is 4. The van der Waals surface area contributed by atoms with Gasteiger partial charge in [0.25, 0.3) is 0 Å². The van der Waals surface area contributed by atoms with Crippen LogP contribution in [0, 0.1) is 30.5 Å². The summed E-state index contributed by atoms with van der Waals surface area (Å²) in [7, 11) is 0. The number of rotatable bonds is 8. The van der Waals surface area contributed by atoms with Gasteiger partial charge in [0.2, 0.25) is 11.9 Å². The van der Waals surface area contributed by atoms with Crippen molar-refractivity contribution in [2.24, 2.45) is 17.8 Å². The molecule has 2 atom stereocenters. The first-order valence-corrected chi connectivity index (χ1v) is 12.8. The monoisotopic (exact) mass is 466 g/mol. The molecule has 0 unspecified atom stereocenters. The van der Waals surface area contributed by atoms with Crippen LogP contribution in [-0.4, -0.2) is 53.6 Å². The number of piperidine rings is 1. The zero-order valence-electron chi connectivity index (χ0n) is 20.1. The van der Waals surface area contributed by atoms with Gasteiger partial charge in [-0.05, 0) is 80.4 Å². The standard InChI is InChI=1S/C27H35FN4O2/c1-19-17-29-27(30-18-19)32-11-6-20(7-12-32)24-14-21(24)8-13-34-23-5-4-22(25(28)16-23)15-26(33)31-9-2-3-10-31/h4-5,16-18,20-21,24H,2-3,6-15H2,1H3/t21-,24-/m1/s1. The number of anilines is 1. The molecule has 1 amide bonds. The van der Waals surface area contributed by atoms with E-state index in [-0.39, 0.29) is 18.1 Å². The third kappa shape index (κ3) is 5.50. The molecule has 0 spiro atoms. The van der Waals surface area contributed by atoms with Crippen molar-refractivity contribution in [3.63, 3.8) is 0 Å². The van der Waals surface area contributed by atoms with Crippen molar-refractivity contribution in [3.8, 4) is 5.75 Å². The van der Waals surface area contributed by atoms with Crippen molar-refractivity contribution in [2.75, 3.05) is 37.7 Å². The number of halogens is 1. The minimum Gasteiger partial charge on any atom is -0.493 e. The molecule has 5 rings (SSSR count). The van der Waals surface area contributed by atoms with Crippen LogP contribution in [0.15, 0.2) is 30.6 Å². The Morgan fingerprint density at radius 3 is 2.56 bits per heavy atom. The fraction of sp³-hybridized carbons (Fsp3) is 0.593. The Hall–Kier alpha value is -2.70. The Bertz CT molecular complexity index is 985. The summed E-state index contributed by atoms with van der Waals surface area (Å²) in [6.45, 7) is 6.27. The second-order valence-electron chi connectivity index (χ2n) is 10.2. The molecular weight excluding hydrogens is 431 g/mol. The molecule has 0 N–H and O–H groups in total. The second-order valence-corrected chi connectivity index (χ2v) is 10.2. The van der Waals surface area contributed by atoms with E-state index in [1.54, 1.807) is 12.1 Å². The molecule has 2 saturated heterocycles. The van der Waals surface area contributed by atoms with Gasteiger partial charge >= 0.3 is 0 Å². The Morgan fingerprint density at radius 1 is 1.12 bits per heavy atom. The van der Waals surface area contributed by atoms with Gasteiger partial charge in [-0.15, -0.1) is 0 Å². The molecule has 3 fully saturated rings. The molecular formula is C27H35FN4O2. The highest BCUT2D eigenvalue weighted by molar-refractivity contribution is 5.79. The van der Waals surface area contributed by atoms with Crippen molar-refractivity contribution in [3.05, 3.63) is 47.5 Å². The first kappa shape index (κ1) is 23.1. The number of aryl methyl sites for hydroxylation is 1. The summed E-state index contributed by atoms with van der Waals surface area (Å²) in [5.41, 5.74) is 1.54. The van der Waals surface area contributed by atoms with E-state index < -0.39 is 0 Å². The van der Waals surface area contributed by atoms with Gasteiger partial charge in [-0.1, -0.05) is 6.07 Å². The lowest BCUT2D eigenvalue weighted by molar-refractivity contribution is -0.129. The zero-order chi connectivity index (χ0) is 23.5. The van der Waals surface area contributed by atoms with Crippen LogP contribution < -0.4 is 9.64 Å².